The summed E-state index contributed by atoms with van der Waals surface area (Å²) in [7, 11) is 0. The number of rotatable bonds is 3. The lowest BCUT2D eigenvalue weighted by Crippen LogP contribution is -2.17. The van der Waals surface area contributed by atoms with Crippen LogP contribution in [0.1, 0.15) is 83.6 Å². The van der Waals surface area contributed by atoms with E-state index >= 15 is 0 Å². The number of hydrogen-bond acceptors (Lipinski definition) is 2. The molecule has 0 fully saturated rings. The largest absolute Gasteiger partial charge is 0.150 e. The van der Waals surface area contributed by atoms with Gasteiger partial charge in [-0.2, -0.15) is 0 Å². The molecule has 0 aliphatic carbocycles. The zero-order chi connectivity index (χ0) is 22.3. The first-order valence-electron chi connectivity index (χ1n) is 11.0. The van der Waals surface area contributed by atoms with E-state index in [0.717, 1.165) is 22.3 Å². The Balaban J connectivity index is 2.27. The van der Waals surface area contributed by atoms with Crippen molar-refractivity contribution in [3.8, 4) is 0 Å². The molecule has 0 saturated heterocycles. The third-order valence-electron chi connectivity index (χ3n) is 5.79. The molecular weight excluding hydrogens is 364 g/mol. The zero-order valence-corrected chi connectivity index (χ0v) is 20.1. The Labute approximate surface area is 182 Å². The minimum atomic E-state index is -0.0208. The van der Waals surface area contributed by atoms with E-state index in [2.05, 4.69) is 111 Å². The number of aryl methyl sites for hydroxylation is 1. The number of azo groups is 1. The quantitative estimate of drug-likeness (QED) is 0.391. The summed E-state index contributed by atoms with van der Waals surface area (Å²) in [6.45, 7) is 20.2. The van der Waals surface area contributed by atoms with Gasteiger partial charge in [0.1, 0.15) is 0 Å². The van der Waals surface area contributed by atoms with E-state index < -0.39 is 0 Å². The van der Waals surface area contributed by atoms with Gasteiger partial charge in [0.15, 0.2) is 0 Å². The smallest absolute Gasteiger partial charge is 0.0964 e. The number of hydrogen-bond donors (Lipinski definition) is 0. The molecule has 0 saturated carbocycles. The fourth-order valence-corrected chi connectivity index (χ4v) is 3.81. The van der Waals surface area contributed by atoms with Gasteiger partial charge < -0.3 is 0 Å². The highest BCUT2D eigenvalue weighted by Gasteiger charge is 2.26. The fourth-order valence-electron chi connectivity index (χ4n) is 3.81. The summed E-state index contributed by atoms with van der Waals surface area (Å²) in [6.07, 6.45) is 0. The summed E-state index contributed by atoms with van der Waals surface area (Å²) in [5.74, 6) is 0.371. The highest BCUT2D eigenvalue weighted by atomic mass is 15.1. The summed E-state index contributed by atoms with van der Waals surface area (Å²) < 4.78 is 0. The topological polar surface area (TPSA) is 24.7 Å². The van der Waals surface area contributed by atoms with Crippen molar-refractivity contribution in [3.63, 3.8) is 0 Å². The Morgan fingerprint density at radius 1 is 0.733 bits per heavy atom. The van der Waals surface area contributed by atoms with Crippen LogP contribution in [-0.2, 0) is 10.8 Å². The third kappa shape index (κ3) is 4.48. The zero-order valence-electron chi connectivity index (χ0n) is 20.1. The summed E-state index contributed by atoms with van der Waals surface area (Å²) >= 11 is 0. The number of benzene rings is 3. The van der Waals surface area contributed by atoms with Gasteiger partial charge in [-0.15, -0.1) is 10.2 Å². The van der Waals surface area contributed by atoms with E-state index in [9.17, 15) is 0 Å². The molecule has 0 aromatic heterocycles. The summed E-state index contributed by atoms with van der Waals surface area (Å²) in [5, 5.41) is 12.1. The molecule has 0 unspecified atom stereocenters. The summed E-state index contributed by atoms with van der Waals surface area (Å²) in [4.78, 5) is 0. The standard InChI is InChI=1S/C28H36N2/c1-18(2)23-16-21(27(4,5)6)17-24(28(7,8)9)26(23)30-29-25-19(3)14-15-20-12-10-11-13-22(20)25/h10-18H,1-9H3/b30-29+. The van der Waals surface area contributed by atoms with Crippen LogP contribution >= 0.6 is 0 Å². The Kier molecular flexibility index (Phi) is 5.91. The van der Waals surface area contributed by atoms with Crippen molar-refractivity contribution >= 4 is 22.1 Å². The van der Waals surface area contributed by atoms with Crippen LogP contribution in [-0.4, -0.2) is 0 Å². The molecule has 3 aromatic carbocycles. The summed E-state index contributed by atoms with van der Waals surface area (Å²) in [6, 6.07) is 17.4. The van der Waals surface area contributed by atoms with Crippen LogP contribution < -0.4 is 0 Å². The lowest BCUT2D eigenvalue weighted by molar-refractivity contribution is 0.566. The fraction of sp³-hybridized carbons (Fsp3) is 0.429. The molecule has 3 aromatic rings. The molecule has 30 heavy (non-hydrogen) atoms. The lowest BCUT2D eigenvalue weighted by Gasteiger charge is -2.29. The normalized spacial score (nSPS) is 13.0. The van der Waals surface area contributed by atoms with Crippen LogP contribution in [0.25, 0.3) is 10.8 Å². The first kappa shape index (κ1) is 22.2. The highest BCUT2D eigenvalue weighted by Crippen LogP contribution is 2.42. The van der Waals surface area contributed by atoms with E-state index in [1.807, 2.05) is 0 Å². The van der Waals surface area contributed by atoms with Crippen LogP contribution in [0.15, 0.2) is 58.8 Å². The van der Waals surface area contributed by atoms with Gasteiger partial charge in [0.25, 0.3) is 0 Å². The van der Waals surface area contributed by atoms with Crippen LogP contribution in [0.3, 0.4) is 0 Å². The van der Waals surface area contributed by atoms with Gasteiger partial charge in [-0.05, 0) is 51.3 Å². The molecular formula is C28H36N2. The Morgan fingerprint density at radius 3 is 1.97 bits per heavy atom. The SMILES string of the molecule is Cc1ccc2ccccc2c1/N=N/c1c(C(C)C)cc(C(C)(C)C)cc1C(C)(C)C. The second-order valence-corrected chi connectivity index (χ2v) is 10.8. The van der Waals surface area contributed by atoms with E-state index in [1.54, 1.807) is 0 Å². The lowest BCUT2D eigenvalue weighted by atomic mass is 9.77. The maximum absolute atomic E-state index is 4.92. The molecule has 3 rings (SSSR count). The van der Waals surface area contributed by atoms with Crippen molar-refractivity contribution in [1.82, 2.24) is 0 Å². The molecule has 0 N–H and O–H groups in total. The van der Waals surface area contributed by atoms with Crippen molar-refractivity contribution in [1.29, 1.82) is 0 Å². The van der Waals surface area contributed by atoms with E-state index in [1.165, 1.54) is 22.1 Å². The predicted octanol–water partition coefficient (Wildman–Crippen LogP) is 9.28. The molecule has 0 bridgehead atoms. The Morgan fingerprint density at radius 2 is 1.37 bits per heavy atom. The monoisotopic (exact) mass is 400 g/mol. The van der Waals surface area contributed by atoms with Gasteiger partial charge in [-0.1, -0.05) is 104 Å². The van der Waals surface area contributed by atoms with Crippen LogP contribution in [0, 0.1) is 6.92 Å². The molecule has 2 heteroatoms. The highest BCUT2D eigenvalue weighted by molar-refractivity contribution is 5.93. The van der Waals surface area contributed by atoms with Gasteiger partial charge in [0.05, 0.1) is 11.4 Å². The van der Waals surface area contributed by atoms with Gasteiger partial charge in [-0.25, -0.2) is 0 Å². The second kappa shape index (κ2) is 7.98. The molecule has 0 aliphatic heterocycles. The van der Waals surface area contributed by atoms with E-state index in [4.69, 9.17) is 10.2 Å². The predicted molar refractivity (Wildman–Crippen MR) is 131 cm³/mol. The first-order valence-corrected chi connectivity index (χ1v) is 11.0. The van der Waals surface area contributed by atoms with E-state index in [0.29, 0.717) is 5.92 Å². The number of fused-ring (bicyclic) bond motifs is 1. The van der Waals surface area contributed by atoms with Gasteiger partial charge in [0.2, 0.25) is 0 Å². The Bertz CT molecular complexity index is 1090. The van der Waals surface area contributed by atoms with Crippen molar-refractivity contribution in [3.05, 3.63) is 70.8 Å². The molecule has 0 aliphatic rings. The maximum Gasteiger partial charge on any atom is 0.0964 e. The molecule has 2 nitrogen and oxygen atoms in total. The van der Waals surface area contributed by atoms with Crippen molar-refractivity contribution in [2.24, 2.45) is 10.2 Å². The average molecular weight is 401 g/mol. The van der Waals surface area contributed by atoms with Crippen LogP contribution in [0.2, 0.25) is 0 Å². The third-order valence-corrected chi connectivity index (χ3v) is 5.79. The molecule has 0 heterocycles. The minimum absolute atomic E-state index is 0.0208. The van der Waals surface area contributed by atoms with Gasteiger partial charge >= 0.3 is 0 Å². The maximum atomic E-state index is 4.92. The van der Waals surface area contributed by atoms with Gasteiger partial charge in [0, 0.05) is 5.39 Å². The molecule has 0 amide bonds. The second-order valence-electron chi connectivity index (χ2n) is 10.8. The minimum Gasteiger partial charge on any atom is -0.150 e. The molecule has 0 radical (unpaired) electrons. The van der Waals surface area contributed by atoms with Crippen LogP contribution in [0.4, 0.5) is 11.4 Å². The molecule has 0 atom stereocenters. The molecule has 0 spiro atoms. The number of nitrogens with zero attached hydrogens (tertiary/aromatic N) is 2. The van der Waals surface area contributed by atoms with Crippen molar-refractivity contribution in [2.75, 3.05) is 0 Å². The summed E-state index contributed by atoms with van der Waals surface area (Å²) in [5.41, 5.74) is 7.09. The Hall–Kier alpha value is -2.48. The first-order chi connectivity index (χ1) is 13.9. The van der Waals surface area contributed by atoms with Crippen LogP contribution in [0.5, 0.6) is 0 Å². The average Bonchev–Trinajstić information content (AvgIpc) is 2.65. The van der Waals surface area contributed by atoms with E-state index in [-0.39, 0.29) is 10.8 Å². The van der Waals surface area contributed by atoms with Crippen molar-refractivity contribution in [2.45, 2.75) is 79.1 Å². The molecule has 158 valence electrons. The van der Waals surface area contributed by atoms with Crippen molar-refractivity contribution < 1.29 is 0 Å². The van der Waals surface area contributed by atoms with Gasteiger partial charge in [-0.3, -0.25) is 0 Å².